The first kappa shape index (κ1) is 16.2. The van der Waals surface area contributed by atoms with Gasteiger partial charge >= 0.3 is 0 Å². The number of hydrogen-bond donors (Lipinski definition) is 0. The molecular formula is C18H28N4O. The molecule has 0 amide bonds. The molecule has 2 aromatic heterocycles. The fourth-order valence-corrected chi connectivity index (χ4v) is 3.43. The van der Waals surface area contributed by atoms with Gasteiger partial charge in [0.05, 0.1) is 17.7 Å². The molecule has 2 heterocycles. The summed E-state index contributed by atoms with van der Waals surface area (Å²) in [6, 6.07) is 2.70. The molecule has 0 aliphatic heterocycles. The molecule has 1 aliphatic rings. The summed E-state index contributed by atoms with van der Waals surface area (Å²) in [5.41, 5.74) is 2.30. The minimum atomic E-state index is 0.384. The van der Waals surface area contributed by atoms with E-state index in [1.165, 1.54) is 37.8 Å². The molecule has 3 rings (SSSR count). The second-order valence-electron chi connectivity index (χ2n) is 7.13. The summed E-state index contributed by atoms with van der Waals surface area (Å²) in [5.74, 6) is 1.34. The van der Waals surface area contributed by atoms with Crippen molar-refractivity contribution in [3.63, 3.8) is 0 Å². The molecule has 0 unspecified atom stereocenters. The predicted octanol–water partition coefficient (Wildman–Crippen LogP) is 4.13. The van der Waals surface area contributed by atoms with E-state index in [-0.39, 0.29) is 0 Å². The Morgan fingerprint density at radius 2 is 2.04 bits per heavy atom. The highest BCUT2D eigenvalue weighted by molar-refractivity contribution is 5.09. The molecule has 0 atom stereocenters. The number of hydrogen-bond acceptors (Lipinski definition) is 4. The zero-order valence-electron chi connectivity index (χ0n) is 14.5. The minimum Gasteiger partial charge on any atom is -0.361 e. The van der Waals surface area contributed by atoms with Crippen LogP contribution in [0.3, 0.4) is 0 Å². The average Bonchev–Trinajstić information content (AvgIpc) is 3.17. The van der Waals surface area contributed by atoms with Crippen LogP contribution in [0.5, 0.6) is 0 Å². The Hall–Kier alpha value is -1.62. The van der Waals surface area contributed by atoms with Crippen LogP contribution in [0.2, 0.25) is 0 Å². The summed E-state index contributed by atoms with van der Waals surface area (Å²) in [6.07, 6.45) is 10.6. The molecule has 0 saturated heterocycles. The minimum absolute atomic E-state index is 0.384. The highest BCUT2D eigenvalue weighted by atomic mass is 16.5. The van der Waals surface area contributed by atoms with Gasteiger partial charge in [0.25, 0.3) is 0 Å². The molecule has 0 aromatic carbocycles. The number of imidazole rings is 1. The topological polar surface area (TPSA) is 47.1 Å². The van der Waals surface area contributed by atoms with Gasteiger partial charge in [0.1, 0.15) is 5.76 Å². The summed E-state index contributed by atoms with van der Waals surface area (Å²) in [6.45, 7) is 5.93. The Labute approximate surface area is 138 Å². The van der Waals surface area contributed by atoms with Crippen molar-refractivity contribution in [2.24, 2.45) is 0 Å². The van der Waals surface area contributed by atoms with Gasteiger partial charge in [0, 0.05) is 37.3 Å². The van der Waals surface area contributed by atoms with Crippen LogP contribution in [0.1, 0.15) is 75.1 Å². The molecule has 0 bridgehead atoms. The molecule has 23 heavy (non-hydrogen) atoms. The third-order valence-corrected chi connectivity index (χ3v) is 4.72. The van der Waals surface area contributed by atoms with E-state index in [4.69, 9.17) is 4.52 Å². The van der Waals surface area contributed by atoms with E-state index in [1.807, 2.05) is 12.5 Å². The van der Waals surface area contributed by atoms with Gasteiger partial charge in [-0.3, -0.25) is 4.90 Å². The first-order valence-corrected chi connectivity index (χ1v) is 8.78. The Balaban J connectivity index is 1.61. The molecule has 0 N–H and O–H groups in total. The van der Waals surface area contributed by atoms with E-state index >= 15 is 0 Å². The Bertz CT molecular complexity index is 610. The maximum Gasteiger partial charge on any atom is 0.139 e. The van der Waals surface area contributed by atoms with Gasteiger partial charge in [0.2, 0.25) is 0 Å². The molecule has 1 saturated carbocycles. The lowest BCUT2D eigenvalue weighted by atomic mass is 9.95. The van der Waals surface area contributed by atoms with Crippen LogP contribution in [0.25, 0.3) is 0 Å². The van der Waals surface area contributed by atoms with Crippen LogP contribution in [-0.2, 0) is 13.1 Å². The second kappa shape index (κ2) is 7.30. The van der Waals surface area contributed by atoms with Crippen molar-refractivity contribution >= 4 is 0 Å². The van der Waals surface area contributed by atoms with Crippen LogP contribution in [0.15, 0.2) is 23.1 Å². The first-order chi connectivity index (χ1) is 11.1. The molecule has 1 fully saturated rings. The lowest BCUT2D eigenvalue weighted by Crippen LogP contribution is -2.22. The van der Waals surface area contributed by atoms with Crippen LogP contribution < -0.4 is 0 Å². The average molecular weight is 316 g/mol. The van der Waals surface area contributed by atoms with Gasteiger partial charge in [-0.15, -0.1) is 0 Å². The molecule has 1 aliphatic carbocycles. The summed E-state index contributed by atoms with van der Waals surface area (Å²) < 4.78 is 7.77. The summed E-state index contributed by atoms with van der Waals surface area (Å²) >= 11 is 0. The predicted molar refractivity (Wildman–Crippen MR) is 90.1 cm³/mol. The molecule has 0 spiro atoms. The Kier molecular flexibility index (Phi) is 5.16. The number of aromatic nitrogens is 3. The fourth-order valence-electron chi connectivity index (χ4n) is 3.43. The highest BCUT2D eigenvalue weighted by Crippen LogP contribution is 2.29. The second-order valence-corrected chi connectivity index (χ2v) is 7.13. The summed E-state index contributed by atoms with van der Waals surface area (Å²) in [4.78, 5) is 6.66. The Morgan fingerprint density at radius 3 is 2.74 bits per heavy atom. The molecule has 2 aromatic rings. The van der Waals surface area contributed by atoms with E-state index in [2.05, 4.69) is 46.6 Å². The van der Waals surface area contributed by atoms with Crippen LogP contribution in [0.4, 0.5) is 0 Å². The molecule has 5 nitrogen and oxygen atoms in total. The molecule has 126 valence electrons. The number of rotatable bonds is 6. The van der Waals surface area contributed by atoms with E-state index < -0.39 is 0 Å². The molecule has 5 heteroatoms. The van der Waals surface area contributed by atoms with Gasteiger partial charge in [-0.25, -0.2) is 4.98 Å². The Morgan fingerprint density at radius 1 is 1.26 bits per heavy atom. The third-order valence-electron chi connectivity index (χ3n) is 4.72. The van der Waals surface area contributed by atoms with E-state index in [9.17, 15) is 0 Å². The third kappa shape index (κ3) is 4.02. The molecular weight excluding hydrogens is 288 g/mol. The first-order valence-electron chi connectivity index (χ1n) is 8.78. The van der Waals surface area contributed by atoms with E-state index in [0.717, 1.165) is 24.5 Å². The van der Waals surface area contributed by atoms with Crippen molar-refractivity contribution in [1.82, 2.24) is 19.6 Å². The van der Waals surface area contributed by atoms with Crippen LogP contribution in [-0.4, -0.2) is 26.7 Å². The standard InChI is InChI=1S/C18H28N4O/c1-14(2)18-9-15(20-23-18)11-21(3)12-17-10-19-13-22(17)16-7-5-4-6-8-16/h9-10,13-14,16H,4-8,11-12H2,1-3H3. The van der Waals surface area contributed by atoms with Gasteiger partial charge in [-0.2, -0.15) is 0 Å². The fraction of sp³-hybridized carbons (Fsp3) is 0.667. The van der Waals surface area contributed by atoms with Crippen molar-refractivity contribution in [2.75, 3.05) is 7.05 Å². The summed E-state index contributed by atoms with van der Waals surface area (Å²) in [7, 11) is 2.13. The van der Waals surface area contributed by atoms with Gasteiger partial charge in [-0.1, -0.05) is 38.3 Å². The zero-order valence-corrected chi connectivity index (χ0v) is 14.5. The zero-order chi connectivity index (χ0) is 16.2. The maximum atomic E-state index is 5.39. The van der Waals surface area contributed by atoms with Crippen molar-refractivity contribution in [3.8, 4) is 0 Å². The van der Waals surface area contributed by atoms with Crippen molar-refractivity contribution < 1.29 is 4.52 Å². The number of nitrogens with zero attached hydrogens (tertiary/aromatic N) is 4. The van der Waals surface area contributed by atoms with Crippen LogP contribution >= 0.6 is 0 Å². The van der Waals surface area contributed by atoms with Crippen LogP contribution in [0, 0.1) is 0 Å². The van der Waals surface area contributed by atoms with Gasteiger partial charge < -0.3 is 9.09 Å². The smallest absolute Gasteiger partial charge is 0.139 e. The van der Waals surface area contributed by atoms with Crippen molar-refractivity contribution in [2.45, 2.75) is 71.0 Å². The lowest BCUT2D eigenvalue weighted by molar-refractivity contribution is 0.280. The van der Waals surface area contributed by atoms with Gasteiger partial charge in [0.15, 0.2) is 0 Å². The lowest BCUT2D eigenvalue weighted by Gasteiger charge is -2.26. The highest BCUT2D eigenvalue weighted by Gasteiger charge is 2.18. The van der Waals surface area contributed by atoms with E-state index in [1.54, 1.807) is 0 Å². The van der Waals surface area contributed by atoms with E-state index in [0.29, 0.717) is 12.0 Å². The SMILES string of the molecule is CC(C)c1cc(CN(C)Cc2cncn2C2CCCCC2)no1. The molecule has 0 radical (unpaired) electrons. The summed E-state index contributed by atoms with van der Waals surface area (Å²) in [5, 5.41) is 4.18. The van der Waals surface area contributed by atoms with Crippen molar-refractivity contribution in [3.05, 3.63) is 35.7 Å². The largest absolute Gasteiger partial charge is 0.361 e. The quantitative estimate of drug-likeness (QED) is 0.804. The van der Waals surface area contributed by atoms with Gasteiger partial charge in [-0.05, 0) is 19.9 Å². The monoisotopic (exact) mass is 316 g/mol. The normalized spacial score (nSPS) is 16.6. The maximum absolute atomic E-state index is 5.39. The van der Waals surface area contributed by atoms with Crippen molar-refractivity contribution in [1.29, 1.82) is 0 Å².